The Balaban J connectivity index is 2.54. The van der Waals surface area contributed by atoms with Crippen molar-refractivity contribution < 1.29 is 0 Å². The second kappa shape index (κ2) is 0.753. The van der Waals surface area contributed by atoms with E-state index in [0.29, 0.717) is 5.92 Å². The maximum absolute atomic E-state index is 3.14. The Bertz CT molecular complexity index is 200. The highest BCUT2D eigenvalue weighted by Gasteiger charge is 2.26. The second-order valence-corrected chi connectivity index (χ2v) is 2.08. The van der Waals surface area contributed by atoms with Crippen LogP contribution in [0.25, 0.3) is 0 Å². The van der Waals surface area contributed by atoms with Gasteiger partial charge in [-0.15, -0.1) is 5.73 Å². The lowest BCUT2D eigenvalue weighted by Gasteiger charge is -1.77. The van der Waals surface area contributed by atoms with E-state index in [1.165, 1.54) is 11.1 Å². The van der Waals surface area contributed by atoms with E-state index < -0.39 is 0 Å². The van der Waals surface area contributed by atoms with Crippen molar-refractivity contribution in [2.45, 2.75) is 6.92 Å². The molecule has 0 bridgehead atoms. The van der Waals surface area contributed by atoms with Gasteiger partial charge < -0.3 is 0 Å². The smallest absolute Gasteiger partial charge is 0.0286 e. The van der Waals surface area contributed by atoms with E-state index in [9.17, 15) is 0 Å². The number of hydrogen-bond donors (Lipinski definition) is 0. The molecule has 0 aromatic heterocycles. The van der Waals surface area contributed by atoms with E-state index in [1.807, 2.05) is 0 Å². The quantitative estimate of drug-likeness (QED) is 0.397. The van der Waals surface area contributed by atoms with Crippen molar-refractivity contribution in [2.24, 2.45) is 5.92 Å². The minimum absolute atomic E-state index is 0.708. The number of hydrogen-bond acceptors (Lipinski definition) is 0. The Hall–Kier alpha value is -0.740. The van der Waals surface area contributed by atoms with Crippen LogP contribution in [0, 0.1) is 5.92 Å². The third kappa shape index (κ3) is 0.275. The van der Waals surface area contributed by atoms with E-state index >= 15 is 0 Å². The lowest BCUT2D eigenvalue weighted by molar-refractivity contribution is 1.22. The van der Waals surface area contributed by atoms with Crippen molar-refractivity contribution in [1.82, 2.24) is 0 Å². The van der Waals surface area contributed by atoms with E-state index in [4.69, 9.17) is 0 Å². The molecule has 0 aromatic rings. The molecule has 2 aliphatic carbocycles. The van der Waals surface area contributed by atoms with Gasteiger partial charge in [0.2, 0.25) is 0 Å². The molecule has 0 heterocycles. The third-order valence-corrected chi connectivity index (χ3v) is 1.52. The molecule has 0 heteroatoms. The molecular formula is C7H6. The zero-order valence-corrected chi connectivity index (χ0v) is 4.23. The normalized spacial score (nSPS) is 31.9. The van der Waals surface area contributed by atoms with Gasteiger partial charge in [0.15, 0.2) is 0 Å². The molecule has 0 aliphatic heterocycles. The van der Waals surface area contributed by atoms with Crippen LogP contribution in [0.1, 0.15) is 6.92 Å². The zero-order valence-electron chi connectivity index (χ0n) is 4.23. The van der Waals surface area contributed by atoms with Crippen molar-refractivity contribution in [1.29, 1.82) is 0 Å². The first-order chi connectivity index (χ1) is 3.38. The van der Waals surface area contributed by atoms with E-state index in [-0.39, 0.29) is 0 Å². The molecule has 0 spiro atoms. The SMILES string of the molecule is CC1=C=CC2C=C12. The first kappa shape index (κ1) is 3.29. The van der Waals surface area contributed by atoms with Crippen LogP contribution in [-0.2, 0) is 0 Å². The number of fused-ring (bicyclic) bond motifs is 1. The predicted molar refractivity (Wildman–Crippen MR) is 28.8 cm³/mol. The first-order valence-corrected chi connectivity index (χ1v) is 2.53. The van der Waals surface area contributed by atoms with Crippen molar-refractivity contribution in [3.63, 3.8) is 0 Å². The highest BCUT2D eigenvalue weighted by atomic mass is 14.3. The summed E-state index contributed by atoms with van der Waals surface area (Å²) in [5.41, 5.74) is 5.98. The van der Waals surface area contributed by atoms with Gasteiger partial charge in [-0.1, -0.05) is 6.08 Å². The third-order valence-electron chi connectivity index (χ3n) is 1.52. The molecular weight excluding hydrogens is 84.1 g/mol. The summed E-state index contributed by atoms with van der Waals surface area (Å²) in [5, 5.41) is 0. The molecule has 1 unspecified atom stereocenters. The minimum atomic E-state index is 0.708. The molecule has 2 rings (SSSR count). The predicted octanol–water partition coefficient (Wildman–Crippen LogP) is 1.66. The van der Waals surface area contributed by atoms with Gasteiger partial charge in [0, 0.05) is 5.92 Å². The van der Waals surface area contributed by atoms with Crippen LogP contribution in [0.3, 0.4) is 0 Å². The summed E-state index contributed by atoms with van der Waals surface area (Å²) in [7, 11) is 0. The summed E-state index contributed by atoms with van der Waals surface area (Å²) in [6.07, 6.45) is 4.37. The van der Waals surface area contributed by atoms with Crippen LogP contribution >= 0.6 is 0 Å². The van der Waals surface area contributed by atoms with Gasteiger partial charge in [-0.3, -0.25) is 0 Å². The fourth-order valence-electron chi connectivity index (χ4n) is 0.956. The highest BCUT2D eigenvalue weighted by Crippen LogP contribution is 2.39. The van der Waals surface area contributed by atoms with Gasteiger partial charge in [0.1, 0.15) is 0 Å². The lowest BCUT2D eigenvalue weighted by Crippen LogP contribution is -1.64. The Morgan fingerprint density at radius 3 is 2.71 bits per heavy atom. The van der Waals surface area contributed by atoms with Gasteiger partial charge >= 0.3 is 0 Å². The largest absolute Gasteiger partial charge is 0.121 e. The van der Waals surface area contributed by atoms with Gasteiger partial charge in [-0.2, -0.15) is 0 Å². The lowest BCUT2D eigenvalue weighted by atomic mass is 10.3. The van der Waals surface area contributed by atoms with E-state index in [2.05, 4.69) is 24.8 Å². The van der Waals surface area contributed by atoms with Crippen LogP contribution in [0.15, 0.2) is 29.0 Å². The maximum atomic E-state index is 3.14. The Labute approximate surface area is 42.8 Å². The molecule has 2 aliphatic rings. The monoisotopic (exact) mass is 90.0 g/mol. The molecule has 34 valence electrons. The van der Waals surface area contributed by atoms with Gasteiger partial charge in [0.05, 0.1) is 0 Å². The van der Waals surface area contributed by atoms with Crippen LogP contribution in [0.5, 0.6) is 0 Å². The van der Waals surface area contributed by atoms with Crippen molar-refractivity contribution in [2.75, 3.05) is 0 Å². The molecule has 0 N–H and O–H groups in total. The number of allylic oxidation sites excluding steroid dienone is 3. The molecule has 0 saturated heterocycles. The molecule has 7 heavy (non-hydrogen) atoms. The van der Waals surface area contributed by atoms with Gasteiger partial charge in [0.25, 0.3) is 0 Å². The van der Waals surface area contributed by atoms with Crippen molar-refractivity contribution >= 4 is 0 Å². The molecule has 0 saturated carbocycles. The summed E-state index contributed by atoms with van der Waals surface area (Å²) in [4.78, 5) is 0. The minimum Gasteiger partial charge on any atom is -0.121 e. The summed E-state index contributed by atoms with van der Waals surface area (Å²) >= 11 is 0. The Kier molecular flexibility index (Phi) is 0.353. The maximum Gasteiger partial charge on any atom is 0.0286 e. The van der Waals surface area contributed by atoms with Crippen LogP contribution < -0.4 is 0 Å². The first-order valence-electron chi connectivity index (χ1n) is 2.53. The van der Waals surface area contributed by atoms with Crippen LogP contribution in [0.4, 0.5) is 0 Å². The van der Waals surface area contributed by atoms with Crippen molar-refractivity contribution in [3.8, 4) is 0 Å². The Morgan fingerprint density at radius 2 is 2.57 bits per heavy atom. The molecule has 0 fully saturated rings. The standard InChI is InChI=1S/C7H6/c1-5-2-3-6-4-7(5)6/h3-4,6H,1H3. The van der Waals surface area contributed by atoms with Gasteiger partial charge in [-0.25, -0.2) is 0 Å². The average Bonchev–Trinajstić information content (AvgIpc) is 2.33. The summed E-state index contributed by atoms with van der Waals surface area (Å²) in [6, 6.07) is 0. The number of rotatable bonds is 0. The van der Waals surface area contributed by atoms with E-state index in [0.717, 1.165) is 0 Å². The van der Waals surface area contributed by atoms with Crippen LogP contribution in [0.2, 0.25) is 0 Å². The average molecular weight is 90.1 g/mol. The second-order valence-electron chi connectivity index (χ2n) is 2.08. The Morgan fingerprint density at radius 1 is 1.71 bits per heavy atom. The van der Waals surface area contributed by atoms with Crippen molar-refractivity contribution in [3.05, 3.63) is 29.0 Å². The van der Waals surface area contributed by atoms with Crippen LogP contribution in [-0.4, -0.2) is 0 Å². The fraction of sp³-hybridized carbons (Fsp3) is 0.286. The summed E-state index contributed by atoms with van der Waals surface area (Å²) < 4.78 is 0. The molecule has 0 amide bonds. The van der Waals surface area contributed by atoms with Gasteiger partial charge in [-0.05, 0) is 24.1 Å². The fourth-order valence-corrected chi connectivity index (χ4v) is 0.956. The highest BCUT2D eigenvalue weighted by molar-refractivity contribution is 5.53. The topological polar surface area (TPSA) is 0 Å². The molecule has 1 atom stereocenters. The molecule has 0 radical (unpaired) electrons. The molecule has 0 aromatic carbocycles. The van der Waals surface area contributed by atoms with E-state index in [1.54, 1.807) is 0 Å². The zero-order chi connectivity index (χ0) is 4.85. The molecule has 0 nitrogen and oxygen atoms in total. The summed E-state index contributed by atoms with van der Waals surface area (Å²) in [5.74, 6) is 0.708. The summed E-state index contributed by atoms with van der Waals surface area (Å²) in [6.45, 7) is 2.11.